The van der Waals surface area contributed by atoms with E-state index in [0.29, 0.717) is 0 Å². The second kappa shape index (κ2) is 7.06. The van der Waals surface area contributed by atoms with Crippen molar-refractivity contribution >= 4 is 11.6 Å². The maximum Gasteiger partial charge on any atom is 0.226 e. The average Bonchev–Trinajstić information content (AvgIpc) is 2.22. The second-order valence-electron chi connectivity index (χ2n) is 2.89. The summed E-state index contributed by atoms with van der Waals surface area (Å²) in [6.07, 6.45) is 3.30. The number of aromatic nitrogens is 1. The van der Waals surface area contributed by atoms with Crippen molar-refractivity contribution < 1.29 is 4.79 Å². The number of anilines is 1. The number of hydrogen-bond acceptors (Lipinski definition) is 2. The third-order valence-corrected chi connectivity index (χ3v) is 1.45. The van der Waals surface area contributed by atoms with E-state index >= 15 is 0 Å². The molecule has 1 heterocycles. The Morgan fingerprint density at radius 2 is 2.07 bits per heavy atom. The molecule has 0 aliphatic carbocycles. The molecule has 78 valence electrons. The molecule has 0 aliphatic rings. The molecule has 0 saturated heterocycles. The zero-order valence-electron chi connectivity index (χ0n) is 9.24. The molecule has 1 N–H and O–H groups in total. The Morgan fingerprint density at radius 3 is 2.50 bits per heavy atom. The number of amides is 1. The average molecular weight is 194 g/mol. The zero-order chi connectivity index (χ0) is 11.0. The molecule has 0 radical (unpaired) electrons. The number of nitrogens with zero attached hydrogens (tertiary/aromatic N) is 1. The first-order valence-corrected chi connectivity index (χ1v) is 4.91. The van der Waals surface area contributed by atoms with Gasteiger partial charge in [-0.3, -0.25) is 9.78 Å². The molecule has 0 atom stereocenters. The van der Waals surface area contributed by atoms with Crippen LogP contribution in [0, 0.1) is 5.92 Å². The molecule has 1 amide bonds. The SMILES string of the molecule is CC.CC(C)C(=O)Nc1cccnc1. The third-order valence-electron chi connectivity index (χ3n) is 1.45. The highest BCUT2D eigenvalue weighted by Crippen LogP contribution is 2.04. The molecular formula is C11H18N2O. The first-order valence-electron chi connectivity index (χ1n) is 4.91. The fourth-order valence-corrected chi connectivity index (χ4v) is 0.723. The van der Waals surface area contributed by atoms with Gasteiger partial charge in [-0.1, -0.05) is 27.7 Å². The Hall–Kier alpha value is -1.38. The minimum atomic E-state index is 0.00482. The lowest BCUT2D eigenvalue weighted by molar-refractivity contribution is -0.118. The lowest BCUT2D eigenvalue weighted by atomic mass is 10.2. The van der Waals surface area contributed by atoms with Gasteiger partial charge in [0, 0.05) is 12.1 Å². The Kier molecular flexibility index (Phi) is 6.37. The van der Waals surface area contributed by atoms with Crippen molar-refractivity contribution in [2.75, 3.05) is 5.32 Å². The minimum Gasteiger partial charge on any atom is -0.325 e. The summed E-state index contributed by atoms with van der Waals surface area (Å²) in [4.78, 5) is 15.1. The monoisotopic (exact) mass is 194 g/mol. The van der Waals surface area contributed by atoms with Crippen LogP contribution < -0.4 is 5.32 Å². The first-order chi connectivity index (χ1) is 6.70. The fourth-order valence-electron chi connectivity index (χ4n) is 0.723. The molecule has 1 aromatic rings. The van der Waals surface area contributed by atoms with E-state index < -0.39 is 0 Å². The van der Waals surface area contributed by atoms with Crippen molar-refractivity contribution in [1.82, 2.24) is 4.98 Å². The quantitative estimate of drug-likeness (QED) is 0.786. The van der Waals surface area contributed by atoms with Crippen LogP contribution in [0.1, 0.15) is 27.7 Å². The predicted molar refractivity (Wildman–Crippen MR) is 59.1 cm³/mol. The normalized spacial score (nSPS) is 8.93. The van der Waals surface area contributed by atoms with Gasteiger partial charge in [-0.2, -0.15) is 0 Å². The molecule has 0 aliphatic heterocycles. The van der Waals surface area contributed by atoms with Gasteiger partial charge in [-0.15, -0.1) is 0 Å². The van der Waals surface area contributed by atoms with Gasteiger partial charge in [0.2, 0.25) is 5.91 Å². The Balaban J connectivity index is 0.000000791. The number of rotatable bonds is 2. The van der Waals surface area contributed by atoms with Crippen molar-refractivity contribution in [1.29, 1.82) is 0 Å². The van der Waals surface area contributed by atoms with Gasteiger partial charge in [-0.25, -0.2) is 0 Å². The molecule has 0 bridgehead atoms. The summed E-state index contributed by atoms with van der Waals surface area (Å²) in [5.74, 6) is 0.0215. The van der Waals surface area contributed by atoms with Crippen LogP contribution in [0.5, 0.6) is 0 Å². The Labute approximate surface area is 85.6 Å². The van der Waals surface area contributed by atoms with Crippen molar-refractivity contribution in [3.63, 3.8) is 0 Å². The lowest BCUT2D eigenvalue weighted by Crippen LogP contribution is -2.17. The summed E-state index contributed by atoms with van der Waals surface area (Å²) in [7, 11) is 0. The third kappa shape index (κ3) is 4.60. The molecule has 14 heavy (non-hydrogen) atoms. The molecule has 0 fully saturated rings. The number of nitrogens with one attached hydrogen (secondary N) is 1. The van der Waals surface area contributed by atoms with Gasteiger partial charge < -0.3 is 5.32 Å². The fraction of sp³-hybridized carbons (Fsp3) is 0.455. The van der Waals surface area contributed by atoms with Crippen LogP contribution in [0.25, 0.3) is 0 Å². The summed E-state index contributed by atoms with van der Waals surface area (Å²) in [6, 6.07) is 3.60. The van der Waals surface area contributed by atoms with Crippen molar-refractivity contribution in [3.05, 3.63) is 24.5 Å². The van der Waals surface area contributed by atoms with Gasteiger partial charge in [-0.05, 0) is 12.1 Å². The number of hydrogen-bond donors (Lipinski definition) is 1. The topological polar surface area (TPSA) is 42.0 Å². The summed E-state index contributed by atoms with van der Waals surface area (Å²) >= 11 is 0. The summed E-state index contributed by atoms with van der Waals surface area (Å²) < 4.78 is 0. The van der Waals surface area contributed by atoms with E-state index in [-0.39, 0.29) is 11.8 Å². The van der Waals surface area contributed by atoms with Gasteiger partial charge in [0.25, 0.3) is 0 Å². The highest BCUT2D eigenvalue weighted by Gasteiger charge is 2.05. The van der Waals surface area contributed by atoms with E-state index in [1.54, 1.807) is 18.5 Å². The van der Waals surface area contributed by atoms with E-state index in [4.69, 9.17) is 0 Å². The molecule has 1 rings (SSSR count). The van der Waals surface area contributed by atoms with Crippen LogP contribution in [0.15, 0.2) is 24.5 Å². The van der Waals surface area contributed by atoms with Gasteiger partial charge in [0.05, 0.1) is 11.9 Å². The van der Waals surface area contributed by atoms with Crippen LogP contribution >= 0.6 is 0 Å². The van der Waals surface area contributed by atoms with E-state index in [2.05, 4.69) is 10.3 Å². The molecule has 3 heteroatoms. The standard InChI is InChI=1S/C9H12N2O.C2H6/c1-7(2)9(12)11-8-4-3-5-10-6-8;1-2/h3-7H,1-2H3,(H,11,12);1-2H3. The first kappa shape index (κ1) is 12.6. The van der Waals surface area contributed by atoms with Crippen LogP contribution in [0.2, 0.25) is 0 Å². The van der Waals surface area contributed by atoms with Gasteiger partial charge in [0.15, 0.2) is 0 Å². The number of carbonyl (C=O) groups excluding carboxylic acids is 1. The van der Waals surface area contributed by atoms with E-state index in [1.165, 1.54) is 0 Å². The highest BCUT2D eigenvalue weighted by molar-refractivity contribution is 5.91. The number of carbonyl (C=O) groups is 1. The molecule has 1 aromatic heterocycles. The van der Waals surface area contributed by atoms with Crippen LogP contribution in [-0.2, 0) is 4.79 Å². The number of pyridine rings is 1. The molecule has 0 saturated carbocycles. The molecule has 0 aromatic carbocycles. The molecular weight excluding hydrogens is 176 g/mol. The minimum absolute atomic E-state index is 0.00482. The Morgan fingerprint density at radius 1 is 1.43 bits per heavy atom. The largest absolute Gasteiger partial charge is 0.325 e. The Bertz CT molecular complexity index is 257. The summed E-state index contributed by atoms with van der Waals surface area (Å²) in [5.41, 5.74) is 0.746. The molecule has 0 unspecified atom stereocenters. The van der Waals surface area contributed by atoms with E-state index in [1.807, 2.05) is 33.8 Å². The maximum atomic E-state index is 11.2. The van der Waals surface area contributed by atoms with Gasteiger partial charge in [0.1, 0.15) is 0 Å². The highest BCUT2D eigenvalue weighted by atomic mass is 16.1. The van der Waals surface area contributed by atoms with E-state index in [9.17, 15) is 4.79 Å². The van der Waals surface area contributed by atoms with Crippen LogP contribution in [0.3, 0.4) is 0 Å². The lowest BCUT2D eigenvalue weighted by Gasteiger charge is -2.05. The van der Waals surface area contributed by atoms with Crippen molar-refractivity contribution in [2.45, 2.75) is 27.7 Å². The zero-order valence-corrected chi connectivity index (χ0v) is 9.24. The summed E-state index contributed by atoms with van der Waals surface area (Å²) in [6.45, 7) is 7.71. The van der Waals surface area contributed by atoms with Crippen molar-refractivity contribution in [3.8, 4) is 0 Å². The molecule has 0 spiro atoms. The maximum absolute atomic E-state index is 11.2. The van der Waals surface area contributed by atoms with Crippen molar-refractivity contribution in [2.24, 2.45) is 5.92 Å². The van der Waals surface area contributed by atoms with Gasteiger partial charge >= 0.3 is 0 Å². The predicted octanol–water partition coefficient (Wildman–Crippen LogP) is 2.70. The van der Waals surface area contributed by atoms with Crippen LogP contribution in [0.4, 0.5) is 5.69 Å². The van der Waals surface area contributed by atoms with E-state index in [0.717, 1.165) is 5.69 Å². The molecule has 3 nitrogen and oxygen atoms in total. The smallest absolute Gasteiger partial charge is 0.226 e. The van der Waals surface area contributed by atoms with Crippen LogP contribution in [-0.4, -0.2) is 10.9 Å². The summed E-state index contributed by atoms with van der Waals surface area (Å²) in [5, 5.41) is 2.74. The second-order valence-corrected chi connectivity index (χ2v) is 2.89.